The van der Waals surface area contributed by atoms with Crippen LogP contribution in [0.25, 0.3) is 0 Å². The summed E-state index contributed by atoms with van der Waals surface area (Å²) >= 11 is 5.57. The van der Waals surface area contributed by atoms with E-state index < -0.39 is 0 Å². The van der Waals surface area contributed by atoms with Gasteiger partial charge in [0.05, 0.1) is 0 Å². The lowest BCUT2D eigenvalue weighted by Gasteiger charge is -2.21. The molecule has 2 aromatic rings. The Labute approximate surface area is 158 Å². The molecule has 0 amide bonds. The second-order valence-corrected chi connectivity index (χ2v) is 7.88. The van der Waals surface area contributed by atoms with Crippen molar-refractivity contribution in [1.82, 2.24) is 0 Å². The number of anilines is 2. The molecule has 2 N–H and O–H groups in total. The molecule has 0 aliphatic carbocycles. The minimum Gasteiger partial charge on any atom is -0.332 e. The molecule has 2 aromatic carbocycles. The third-order valence-corrected chi connectivity index (χ3v) is 4.65. The summed E-state index contributed by atoms with van der Waals surface area (Å²) in [6, 6.07) is 15.0. The summed E-state index contributed by atoms with van der Waals surface area (Å²) in [6.45, 7) is 13.3. The molecule has 0 saturated carbocycles. The Hall–Kier alpha value is -1.87. The summed E-state index contributed by atoms with van der Waals surface area (Å²) < 4.78 is 0. The third kappa shape index (κ3) is 5.05. The van der Waals surface area contributed by atoms with Crippen LogP contribution in [-0.4, -0.2) is 5.11 Å². The van der Waals surface area contributed by atoms with Gasteiger partial charge in [-0.15, -0.1) is 0 Å². The van der Waals surface area contributed by atoms with Crippen LogP contribution in [0, 0.1) is 0 Å². The van der Waals surface area contributed by atoms with Crippen LogP contribution in [0.5, 0.6) is 0 Å². The molecular formula is C22H30N2S. The normalized spacial score (nSPS) is 11.2. The lowest BCUT2D eigenvalue weighted by molar-refractivity contribution is 0.839. The fraction of sp³-hybridized carbons (Fsp3) is 0.409. The van der Waals surface area contributed by atoms with Crippen molar-refractivity contribution in [1.29, 1.82) is 0 Å². The third-order valence-electron chi connectivity index (χ3n) is 4.45. The topological polar surface area (TPSA) is 24.1 Å². The quantitative estimate of drug-likeness (QED) is 0.573. The summed E-state index contributed by atoms with van der Waals surface area (Å²) in [5, 5.41) is 7.39. The first-order valence-corrected chi connectivity index (χ1v) is 9.51. The van der Waals surface area contributed by atoms with Crippen molar-refractivity contribution >= 4 is 28.7 Å². The minimum atomic E-state index is 0.439. The van der Waals surface area contributed by atoms with Crippen molar-refractivity contribution in [2.45, 2.75) is 59.3 Å². The van der Waals surface area contributed by atoms with Gasteiger partial charge in [0.1, 0.15) is 0 Å². The Bertz CT molecular complexity index is 689. The zero-order valence-corrected chi connectivity index (χ0v) is 17.0. The number of thiocarbonyl (C=S) groups is 1. The molecule has 0 saturated heterocycles. The van der Waals surface area contributed by atoms with E-state index in [1.165, 1.54) is 16.7 Å². The maximum Gasteiger partial charge on any atom is 0.175 e. The average Bonchev–Trinajstić information content (AvgIpc) is 2.54. The summed E-state index contributed by atoms with van der Waals surface area (Å²) in [5.41, 5.74) is 6.08. The zero-order valence-electron chi connectivity index (χ0n) is 16.2. The highest BCUT2D eigenvalue weighted by molar-refractivity contribution is 7.80. The first-order valence-electron chi connectivity index (χ1n) is 9.10. The van der Waals surface area contributed by atoms with E-state index in [-0.39, 0.29) is 0 Å². The van der Waals surface area contributed by atoms with Gasteiger partial charge in [0.25, 0.3) is 0 Å². The van der Waals surface area contributed by atoms with Gasteiger partial charge >= 0.3 is 0 Å². The Morgan fingerprint density at radius 3 is 1.68 bits per heavy atom. The molecule has 0 spiro atoms. The van der Waals surface area contributed by atoms with E-state index in [4.69, 9.17) is 12.2 Å². The standard InChI is InChI=1S/C22H30N2S/c1-14(2)17-10-12-18(13-11-17)23-22(25)24-21-19(15(3)4)8-7-9-20(21)16(5)6/h7-16H,1-6H3,(H2,23,24,25). The number of benzene rings is 2. The molecule has 0 bridgehead atoms. The van der Waals surface area contributed by atoms with Crippen molar-refractivity contribution in [3.8, 4) is 0 Å². The van der Waals surface area contributed by atoms with E-state index in [9.17, 15) is 0 Å². The predicted molar refractivity (Wildman–Crippen MR) is 115 cm³/mol. The molecule has 0 aliphatic rings. The Morgan fingerprint density at radius 2 is 1.24 bits per heavy atom. The van der Waals surface area contributed by atoms with Gasteiger partial charge in [-0.1, -0.05) is 71.9 Å². The SMILES string of the molecule is CC(C)c1ccc(NC(=S)Nc2c(C(C)C)cccc2C(C)C)cc1. The minimum absolute atomic E-state index is 0.439. The molecule has 0 aliphatic heterocycles. The highest BCUT2D eigenvalue weighted by Gasteiger charge is 2.14. The monoisotopic (exact) mass is 354 g/mol. The molecule has 25 heavy (non-hydrogen) atoms. The number of hydrogen-bond acceptors (Lipinski definition) is 1. The van der Waals surface area contributed by atoms with E-state index in [2.05, 4.69) is 94.6 Å². The fourth-order valence-electron chi connectivity index (χ4n) is 2.92. The van der Waals surface area contributed by atoms with Crippen LogP contribution in [0.2, 0.25) is 0 Å². The van der Waals surface area contributed by atoms with E-state index >= 15 is 0 Å². The number of nitrogens with one attached hydrogen (secondary N) is 2. The predicted octanol–water partition coefficient (Wildman–Crippen LogP) is 6.87. The summed E-state index contributed by atoms with van der Waals surface area (Å²) in [7, 11) is 0. The molecule has 0 fully saturated rings. The first kappa shape index (κ1) is 19.5. The van der Waals surface area contributed by atoms with E-state index in [1.54, 1.807) is 0 Å². The van der Waals surface area contributed by atoms with Crippen molar-refractivity contribution < 1.29 is 0 Å². The van der Waals surface area contributed by atoms with Crippen molar-refractivity contribution in [2.75, 3.05) is 10.6 Å². The fourth-order valence-corrected chi connectivity index (χ4v) is 3.14. The highest BCUT2D eigenvalue weighted by Crippen LogP contribution is 2.32. The van der Waals surface area contributed by atoms with Crippen molar-refractivity contribution in [2.24, 2.45) is 0 Å². The van der Waals surface area contributed by atoms with Crippen LogP contribution in [0.3, 0.4) is 0 Å². The molecule has 3 heteroatoms. The van der Waals surface area contributed by atoms with Crippen LogP contribution in [0.15, 0.2) is 42.5 Å². The summed E-state index contributed by atoms with van der Waals surface area (Å²) in [6.07, 6.45) is 0. The molecule has 2 nitrogen and oxygen atoms in total. The van der Waals surface area contributed by atoms with Gasteiger partial charge in [-0.3, -0.25) is 0 Å². The second kappa shape index (κ2) is 8.48. The van der Waals surface area contributed by atoms with Crippen LogP contribution < -0.4 is 10.6 Å². The highest BCUT2D eigenvalue weighted by atomic mass is 32.1. The number of para-hydroxylation sites is 1. The molecule has 0 aromatic heterocycles. The maximum atomic E-state index is 5.57. The molecular weight excluding hydrogens is 324 g/mol. The van der Waals surface area contributed by atoms with E-state index in [1.807, 2.05) is 0 Å². The van der Waals surface area contributed by atoms with Gasteiger partial charge < -0.3 is 10.6 Å². The first-order chi connectivity index (χ1) is 11.8. The lowest BCUT2D eigenvalue weighted by atomic mass is 9.93. The van der Waals surface area contributed by atoms with Crippen LogP contribution in [0.1, 0.15) is 76.0 Å². The Kier molecular flexibility index (Phi) is 6.60. The van der Waals surface area contributed by atoms with E-state index in [0.29, 0.717) is 22.9 Å². The van der Waals surface area contributed by atoms with E-state index in [0.717, 1.165) is 11.4 Å². The van der Waals surface area contributed by atoms with Crippen LogP contribution >= 0.6 is 12.2 Å². The average molecular weight is 355 g/mol. The summed E-state index contributed by atoms with van der Waals surface area (Å²) in [4.78, 5) is 0. The largest absolute Gasteiger partial charge is 0.332 e. The van der Waals surface area contributed by atoms with Crippen molar-refractivity contribution in [3.63, 3.8) is 0 Å². The molecule has 0 radical (unpaired) electrons. The van der Waals surface area contributed by atoms with Gasteiger partial charge in [0.2, 0.25) is 0 Å². The number of rotatable bonds is 5. The van der Waals surface area contributed by atoms with Crippen molar-refractivity contribution in [3.05, 3.63) is 59.2 Å². The van der Waals surface area contributed by atoms with Gasteiger partial charge in [-0.05, 0) is 58.8 Å². The molecule has 134 valence electrons. The second-order valence-electron chi connectivity index (χ2n) is 7.48. The van der Waals surface area contributed by atoms with Gasteiger partial charge in [-0.25, -0.2) is 0 Å². The molecule has 0 heterocycles. The Morgan fingerprint density at radius 1 is 0.720 bits per heavy atom. The number of hydrogen-bond donors (Lipinski definition) is 2. The Balaban J connectivity index is 2.19. The van der Waals surface area contributed by atoms with Gasteiger partial charge in [0.15, 0.2) is 5.11 Å². The molecule has 2 rings (SSSR count). The lowest BCUT2D eigenvalue weighted by Crippen LogP contribution is -2.21. The van der Waals surface area contributed by atoms with Crippen LogP contribution in [0.4, 0.5) is 11.4 Å². The molecule has 0 unspecified atom stereocenters. The smallest absolute Gasteiger partial charge is 0.175 e. The van der Waals surface area contributed by atoms with Crippen LogP contribution in [-0.2, 0) is 0 Å². The maximum absolute atomic E-state index is 5.57. The molecule has 0 atom stereocenters. The summed E-state index contributed by atoms with van der Waals surface area (Å²) in [5.74, 6) is 1.41. The van der Waals surface area contributed by atoms with Gasteiger partial charge in [0, 0.05) is 11.4 Å². The zero-order chi connectivity index (χ0) is 18.6. The van der Waals surface area contributed by atoms with Gasteiger partial charge in [-0.2, -0.15) is 0 Å².